The van der Waals surface area contributed by atoms with Crippen molar-refractivity contribution in [1.29, 1.82) is 0 Å². The number of nitrogens with zero attached hydrogens (tertiary/aromatic N) is 1. The van der Waals surface area contributed by atoms with E-state index in [0.29, 0.717) is 13.1 Å². The zero-order chi connectivity index (χ0) is 10.8. The zero-order valence-corrected chi connectivity index (χ0v) is 8.61. The average Bonchev–Trinajstić information content (AvgIpc) is 2.16. The molecule has 1 atom stereocenters. The fourth-order valence-electron chi connectivity index (χ4n) is 2.10. The van der Waals surface area contributed by atoms with Crippen molar-refractivity contribution in [2.24, 2.45) is 5.92 Å². The summed E-state index contributed by atoms with van der Waals surface area (Å²) in [5, 5.41) is 11.9. The van der Waals surface area contributed by atoms with Crippen molar-refractivity contribution in [2.45, 2.75) is 25.3 Å². The molecule has 0 aromatic heterocycles. The van der Waals surface area contributed by atoms with Gasteiger partial charge < -0.3 is 15.3 Å². The van der Waals surface area contributed by atoms with E-state index in [1.807, 2.05) is 0 Å². The molecule has 0 aliphatic carbocycles. The molecule has 0 spiro atoms. The predicted octanol–water partition coefficient (Wildman–Crippen LogP) is -0.329. The number of rotatable bonds is 2. The van der Waals surface area contributed by atoms with Gasteiger partial charge in [0.05, 0.1) is 12.0 Å². The highest BCUT2D eigenvalue weighted by atomic mass is 16.4. The van der Waals surface area contributed by atoms with Crippen LogP contribution in [-0.2, 0) is 9.59 Å². The van der Waals surface area contributed by atoms with Crippen LogP contribution in [-0.4, -0.2) is 47.6 Å². The van der Waals surface area contributed by atoms with E-state index in [-0.39, 0.29) is 17.9 Å². The van der Waals surface area contributed by atoms with Gasteiger partial charge in [0.2, 0.25) is 5.91 Å². The quantitative estimate of drug-likeness (QED) is 0.657. The van der Waals surface area contributed by atoms with E-state index in [1.54, 1.807) is 4.90 Å². The number of carbonyl (C=O) groups excluding carboxylic acids is 1. The molecule has 2 aliphatic heterocycles. The van der Waals surface area contributed by atoms with Gasteiger partial charge in [0.1, 0.15) is 0 Å². The Hall–Kier alpha value is -1.10. The summed E-state index contributed by atoms with van der Waals surface area (Å²) in [5.74, 6) is -1.07. The van der Waals surface area contributed by atoms with Crippen LogP contribution in [0.15, 0.2) is 0 Å². The van der Waals surface area contributed by atoms with Crippen LogP contribution in [0.3, 0.4) is 0 Å². The zero-order valence-electron chi connectivity index (χ0n) is 8.61. The van der Waals surface area contributed by atoms with E-state index >= 15 is 0 Å². The van der Waals surface area contributed by atoms with E-state index < -0.39 is 5.97 Å². The third-order valence-corrected chi connectivity index (χ3v) is 3.15. The number of amides is 1. The Kier molecular flexibility index (Phi) is 2.90. The van der Waals surface area contributed by atoms with Crippen molar-refractivity contribution in [3.63, 3.8) is 0 Å². The molecule has 5 heteroatoms. The number of carbonyl (C=O) groups is 2. The molecule has 2 rings (SSSR count). The van der Waals surface area contributed by atoms with E-state index in [1.165, 1.54) is 0 Å². The van der Waals surface area contributed by atoms with Crippen molar-refractivity contribution >= 4 is 11.9 Å². The van der Waals surface area contributed by atoms with Crippen LogP contribution in [0.25, 0.3) is 0 Å². The SMILES string of the molecule is O=C(O)C1CN(C(=O)[C@@H]2CCCCN2)C1. The molecular formula is C10H16N2O3. The maximum absolute atomic E-state index is 11.8. The number of nitrogens with one attached hydrogen (secondary N) is 1. The van der Waals surface area contributed by atoms with Crippen molar-refractivity contribution in [1.82, 2.24) is 10.2 Å². The van der Waals surface area contributed by atoms with Gasteiger partial charge >= 0.3 is 5.97 Å². The summed E-state index contributed by atoms with van der Waals surface area (Å²) in [6, 6.07) is -0.0755. The molecular weight excluding hydrogens is 196 g/mol. The van der Waals surface area contributed by atoms with Crippen LogP contribution >= 0.6 is 0 Å². The lowest BCUT2D eigenvalue weighted by molar-refractivity contribution is -0.153. The smallest absolute Gasteiger partial charge is 0.310 e. The topological polar surface area (TPSA) is 69.6 Å². The summed E-state index contributed by atoms with van der Waals surface area (Å²) in [4.78, 5) is 24.0. The van der Waals surface area contributed by atoms with Gasteiger partial charge in [-0.05, 0) is 19.4 Å². The summed E-state index contributed by atoms with van der Waals surface area (Å²) in [6.07, 6.45) is 3.09. The molecule has 2 fully saturated rings. The average molecular weight is 212 g/mol. The third-order valence-electron chi connectivity index (χ3n) is 3.15. The van der Waals surface area contributed by atoms with Crippen LogP contribution in [0.2, 0.25) is 0 Å². The Morgan fingerprint density at radius 1 is 1.27 bits per heavy atom. The largest absolute Gasteiger partial charge is 0.481 e. The van der Waals surface area contributed by atoms with Crippen LogP contribution in [0, 0.1) is 5.92 Å². The summed E-state index contributed by atoms with van der Waals surface area (Å²) in [7, 11) is 0. The molecule has 0 aromatic rings. The van der Waals surface area contributed by atoms with Crippen molar-refractivity contribution in [2.75, 3.05) is 19.6 Å². The van der Waals surface area contributed by atoms with Gasteiger partial charge in [0.25, 0.3) is 0 Å². The minimum Gasteiger partial charge on any atom is -0.481 e. The molecule has 0 radical (unpaired) electrons. The predicted molar refractivity (Wildman–Crippen MR) is 53.3 cm³/mol. The highest BCUT2D eigenvalue weighted by Crippen LogP contribution is 2.19. The molecule has 2 N–H and O–H groups in total. The maximum atomic E-state index is 11.8. The first-order chi connectivity index (χ1) is 7.18. The molecule has 0 saturated carbocycles. The molecule has 84 valence electrons. The molecule has 5 nitrogen and oxygen atoms in total. The fraction of sp³-hybridized carbons (Fsp3) is 0.800. The minimum absolute atomic E-state index is 0.0755. The molecule has 0 unspecified atom stereocenters. The lowest BCUT2D eigenvalue weighted by Crippen LogP contribution is -2.58. The van der Waals surface area contributed by atoms with Crippen LogP contribution in [0.4, 0.5) is 0 Å². The number of hydrogen-bond acceptors (Lipinski definition) is 3. The number of hydrogen-bond donors (Lipinski definition) is 2. The van der Waals surface area contributed by atoms with Gasteiger partial charge in [0.15, 0.2) is 0 Å². The Balaban J connectivity index is 1.80. The summed E-state index contributed by atoms with van der Waals surface area (Å²) < 4.78 is 0. The molecule has 1 amide bonds. The molecule has 0 aromatic carbocycles. The number of likely N-dealkylation sites (tertiary alicyclic amines) is 1. The molecule has 2 aliphatic rings. The van der Waals surface area contributed by atoms with Crippen molar-refractivity contribution < 1.29 is 14.7 Å². The number of carboxylic acids is 1. The van der Waals surface area contributed by atoms with Gasteiger partial charge in [-0.1, -0.05) is 6.42 Å². The summed E-state index contributed by atoms with van der Waals surface area (Å²) >= 11 is 0. The number of piperidine rings is 1. The van der Waals surface area contributed by atoms with Gasteiger partial charge in [-0.25, -0.2) is 0 Å². The molecule has 15 heavy (non-hydrogen) atoms. The number of aliphatic carboxylic acids is 1. The Morgan fingerprint density at radius 2 is 2.00 bits per heavy atom. The highest BCUT2D eigenvalue weighted by Gasteiger charge is 2.38. The maximum Gasteiger partial charge on any atom is 0.310 e. The Bertz CT molecular complexity index is 268. The normalized spacial score (nSPS) is 27.2. The van der Waals surface area contributed by atoms with Gasteiger partial charge in [-0.3, -0.25) is 9.59 Å². The Morgan fingerprint density at radius 3 is 2.53 bits per heavy atom. The molecule has 2 saturated heterocycles. The second kappa shape index (κ2) is 4.18. The van der Waals surface area contributed by atoms with E-state index in [2.05, 4.69) is 5.32 Å². The second-order valence-corrected chi connectivity index (χ2v) is 4.28. The molecule has 2 heterocycles. The molecule has 0 bridgehead atoms. The lowest BCUT2D eigenvalue weighted by atomic mass is 9.97. The summed E-state index contributed by atoms with van der Waals surface area (Å²) in [5.41, 5.74) is 0. The van der Waals surface area contributed by atoms with Crippen LogP contribution in [0.1, 0.15) is 19.3 Å². The second-order valence-electron chi connectivity index (χ2n) is 4.28. The first-order valence-corrected chi connectivity index (χ1v) is 5.43. The Labute approximate surface area is 88.4 Å². The number of carboxylic acid groups (broad SMARTS) is 1. The lowest BCUT2D eigenvalue weighted by Gasteiger charge is -2.39. The van der Waals surface area contributed by atoms with Crippen LogP contribution in [0.5, 0.6) is 0 Å². The first kappa shape index (κ1) is 10.4. The summed E-state index contributed by atoms with van der Waals surface area (Å²) in [6.45, 7) is 1.66. The highest BCUT2D eigenvalue weighted by molar-refractivity contribution is 5.85. The monoisotopic (exact) mass is 212 g/mol. The standard InChI is InChI=1S/C10H16N2O3/c13-9(8-3-1-2-4-11-8)12-5-7(6-12)10(14)15/h7-8,11H,1-6H2,(H,14,15)/t8-/m0/s1. The van der Waals surface area contributed by atoms with Crippen molar-refractivity contribution in [3.05, 3.63) is 0 Å². The minimum atomic E-state index is -0.796. The third kappa shape index (κ3) is 2.12. The van der Waals surface area contributed by atoms with Gasteiger partial charge in [-0.2, -0.15) is 0 Å². The van der Waals surface area contributed by atoms with Crippen LogP contribution < -0.4 is 5.32 Å². The van der Waals surface area contributed by atoms with E-state index in [4.69, 9.17) is 5.11 Å². The first-order valence-electron chi connectivity index (χ1n) is 5.43. The fourth-order valence-corrected chi connectivity index (χ4v) is 2.10. The van der Waals surface area contributed by atoms with E-state index in [0.717, 1.165) is 25.8 Å². The van der Waals surface area contributed by atoms with Gasteiger partial charge in [0, 0.05) is 13.1 Å². The van der Waals surface area contributed by atoms with Gasteiger partial charge in [-0.15, -0.1) is 0 Å². The van der Waals surface area contributed by atoms with E-state index in [9.17, 15) is 9.59 Å². The van der Waals surface area contributed by atoms with Crippen molar-refractivity contribution in [3.8, 4) is 0 Å².